The number of hydrogen-bond acceptors (Lipinski definition) is 0. The first-order valence-corrected chi connectivity index (χ1v) is 5.58. The lowest BCUT2D eigenvalue weighted by atomic mass is 9.98. The van der Waals surface area contributed by atoms with E-state index in [2.05, 4.69) is 0 Å². The van der Waals surface area contributed by atoms with E-state index in [-0.39, 0.29) is 5.82 Å². The van der Waals surface area contributed by atoms with Crippen LogP contribution in [0, 0.1) is 5.82 Å². The van der Waals surface area contributed by atoms with Crippen molar-refractivity contribution in [3.63, 3.8) is 0 Å². The number of halogens is 1. The number of rotatable bonds is 1. The molecule has 82 valence electrons. The molecule has 0 radical (unpaired) electrons. The molecule has 0 saturated carbocycles. The standard InChI is InChI=1S/C16H11F/c17-14-10-9-13-7-4-8-15(16(13)11-14)12-5-2-1-3-6-12/h1-11H. The fourth-order valence-corrected chi connectivity index (χ4v) is 2.11. The highest BCUT2D eigenvalue weighted by atomic mass is 19.1. The maximum atomic E-state index is 13.3. The zero-order valence-corrected chi connectivity index (χ0v) is 9.23. The molecule has 17 heavy (non-hydrogen) atoms. The molecular formula is C16H11F. The topological polar surface area (TPSA) is 0 Å². The van der Waals surface area contributed by atoms with Crippen LogP contribution in [-0.2, 0) is 0 Å². The third kappa shape index (κ3) is 1.80. The van der Waals surface area contributed by atoms with Gasteiger partial charge < -0.3 is 0 Å². The van der Waals surface area contributed by atoms with Crippen molar-refractivity contribution >= 4 is 10.8 Å². The second-order valence-electron chi connectivity index (χ2n) is 4.04. The van der Waals surface area contributed by atoms with Crippen molar-refractivity contribution in [1.29, 1.82) is 0 Å². The SMILES string of the molecule is Fc1ccc2cccc(-c3ccccc3)c2c1. The lowest BCUT2D eigenvalue weighted by molar-refractivity contribution is 0.630. The largest absolute Gasteiger partial charge is 0.207 e. The van der Waals surface area contributed by atoms with Gasteiger partial charge in [0.25, 0.3) is 0 Å². The number of benzene rings is 3. The number of hydrogen-bond donors (Lipinski definition) is 0. The van der Waals surface area contributed by atoms with Crippen molar-refractivity contribution in [2.75, 3.05) is 0 Å². The van der Waals surface area contributed by atoms with E-state index in [1.807, 2.05) is 54.6 Å². The summed E-state index contributed by atoms with van der Waals surface area (Å²) in [5.41, 5.74) is 2.19. The molecule has 0 spiro atoms. The highest BCUT2D eigenvalue weighted by Crippen LogP contribution is 2.28. The Morgan fingerprint density at radius 2 is 1.53 bits per heavy atom. The van der Waals surface area contributed by atoms with Gasteiger partial charge in [-0.25, -0.2) is 4.39 Å². The Labute approximate surface area is 99.3 Å². The van der Waals surface area contributed by atoms with Crippen molar-refractivity contribution in [2.24, 2.45) is 0 Å². The molecule has 3 aromatic rings. The van der Waals surface area contributed by atoms with Gasteiger partial charge in [0, 0.05) is 0 Å². The van der Waals surface area contributed by atoms with E-state index < -0.39 is 0 Å². The van der Waals surface area contributed by atoms with E-state index in [4.69, 9.17) is 0 Å². The predicted octanol–water partition coefficient (Wildman–Crippen LogP) is 4.65. The van der Waals surface area contributed by atoms with Gasteiger partial charge in [0.05, 0.1) is 0 Å². The average molecular weight is 222 g/mol. The maximum absolute atomic E-state index is 13.3. The lowest BCUT2D eigenvalue weighted by Gasteiger charge is -2.06. The van der Waals surface area contributed by atoms with Crippen LogP contribution in [0.15, 0.2) is 66.7 Å². The van der Waals surface area contributed by atoms with Gasteiger partial charge in [-0.2, -0.15) is 0 Å². The zero-order valence-electron chi connectivity index (χ0n) is 9.23. The molecular weight excluding hydrogens is 211 g/mol. The van der Waals surface area contributed by atoms with Crippen LogP contribution >= 0.6 is 0 Å². The molecule has 3 aromatic carbocycles. The average Bonchev–Trinajstić information content (AvgIpc) is 2.39. The summed E-state index contributed by atoms with van der Waals surface area (Å²) >= 11 is 0. The molecule has 0 aromatic heterocycles. The van der Waals surface area contributed by atoms with Crippen LogP contribution < -0.4 is 0 Å². The minimum atomic E-state index is -0.194. The Balaban J connectivity index is 2.33. The molecule has 0 saturated heterocycles. The quantitative estimate of drug-likeness (QED) is 0.562. The van der Waals surface area contributed by atoms with Gasteiger partial charge in [-0.15, -0.1) is 0 Å². The fraction of sp³-hybridized carbons (Fsp3) is 0. The van der Waals surface area contributed by atoms with Crippen LogP contribution in [0.3, 0.4) is 0 Å². The summed E-state index contributed by atoms with van der Waals surface area (Å²) < 4.78 is 13.3. The summed E-state index contributed by atoms with van der Waals surface area (Å²) in [5.74, 6) is -0.194. The first-order valence-electron chi connectivity index (χ1n) is 5.58. The van der Waals surface area contributed by atoms with E-state index in [0.717, 1.165) is 21.9 Å². The molecule has 0 atom stereocenters. The van der Waals surface area contributed by atoms with E-state index in [9.17, 15) is 4.39 Å². The zero-order chi connectivity index (χ0) is 11.7. The summed E-state index contributed by atoms with van der Waals surface area (Å²) in [5, 5.41) is 2.02. The molecule has 0 N–H and O–H groups in total. The van der Waals surface area contributed by atoms with Gasteiger partial charge >= 0.3 is 0 Å². The maximum Gasteiger partial charge on any atom is 0.123 e. The molecule has 0 heterocycles. The molecule has 0 amide bonds. The van der Waals surface area contributed by atoms with Gasteiger partial charge in [0.2, 0.25) is 0 Å². The molecule has 0 aliphatic rings. The van der Waals surface area contributed by atoms with Crippen LogP contribution in [0.5, 0.6) is 0 Å². The third-order valence-corrected chi connectivity index (χ3v) is 2.93. The lowest BCUT2D eigenvalue weighted by Crippen LogP contribution is -1.82. The third-order valence-electron chi connectivity index (χ3n) is 2.93. The summed E-state index contributed by atoms with van der Waals surface area (Å²) in [4.78, 5) is 0. The Kier molecular flexibility index (Phi) is 2.37. The molecule has 3 rings (SSSR count). The highest BCUT2D eigenvalue weighted by molar-refractivity contribution is 5.96. The molecule has 0 nitrogen and oxygen atoms in total. The smallest absolute Gasteiger partial charge is 0.123 e. The van der Waals surface area contributed by atoms with E-state index >= 15 is 0 Å². The Morgan fingerprint density at radius 3 is 2.35 bits per heavy atom. The highest BCUT2D eigenvalue weighted by Gasteiger charge is 2.03. The summed E-state index contributed by atoms with van der Waals surface area (Å²) in [6.07, 6.45) is 0. The minimum absolute atomic E-state index is 0.194. The van der Waals surface area contributed by atoms with Crippen molar-refractivity contribution < 1.29 is 4.39 Å². The molecule has 0 bridgehead atoms. The van der Waals surface area contributed by atoms with Crippen molar-refractivity contribution in [3.05, 3.63) is 72.5 Å². The van der Waals surface area contributed by atoms with Gasteiger partial charge in [-0.3, -0.25) is 0 Å². The van der Waals surface area contributed by atoms with E-state index in [1.54, 1.807) is 6.07 Å². The molecule has 0 aliphatic carbocycles. The van der Waals surface area contributed by atoms with Crippen LogP contribution in [-0.4, -0.2) is 0 Å². The van der Waals surface area contributed by atoms with Gasteiger partial charge in [-0.1, -0.05) is 54.6 Å². The second kappa shape index (κ2) is 4.02. The molecule has 0 aliphatic heterocycles. The Morgan fingerprint density at radius 1 is 0.706 bits per heavy atom. The Hall–Kier alpha value is -2.15. The van der Waals surface area contributed by atoms with Crippen LogP contribution in [0.1, 0.15) is 0 Å². The van der Waals surface area contributed by atoms with Crippen molar-refractivity contribution in [3.8, 4) is 11.1 Å². The summed E-state index contributed by atoms with van der Waals surface area (Å²) in [7, 11) is 0. The second-order valence-corrected chi connectivity index (χ2v) is 4.04. The van der Waals surface area contributed by atoms with Gasteiger partial charge in [0.1, 0.15) is 5.82 Å². The molecule has 0 fully saturated rings. The normalized spacial score (nSPS) is 10.6. The minimum Gasteiger partial charge on any atom is -0.207 e. The molecule has 0 unspecified atom stereocenters. The monoisotopic (exact) mass is 222 g/mol. The van der Waals surface area contributed by atoms with Crippen LogP contribution in [0.2, 0.25) is 0 Å². The first kappa shape index (κ1) is 10.0. The summed E-state index contributed by atoms with van der Waals surface area (Å²) in [6, 6.07) is 21.0. The number of fused-ring (bicyclic) bond motifs is 1. The van der Waals surface area contributed by atoms with E-state index in [1.165, 1.54) is 6.07 Å². The summed E-state index contributed by atoms with van der Waals surface area (Å²) in [6.45, 7) is 0. The molecule has 1 heteroatoms. The van der Waals surface area contributed by atoms with Gasteiger partial charge in [0.15, 0.2) is 0 Å². The van der Waals surface area contributed by atoms with Crippen LogP contribution in [0.4, 0.5) is 4.39 Å². The Bertz CT molecular complexity index is 657. The van der Waals surface area contributed by atoms with E-state index in [0.29, 0.717) is 0 Å². The fourth-order valence-electron chi connectivity index (χ4n) is 2.11. The van der Waals surface area contributed by atoms with Crippen molar-refractivity contribution in [2.45, 2.75) is 0 Å². The van der Waals surface area contributed by atoms with Crippen LogP contribution in [0.25, 0.3) is 21.9 Å². The first-order chi connectivity index (χ1) is 8.34. The van der Waals surface area contributed by atoms with Crippen molar-refractivity contribution in [1.82, 2.24) is 0 Å². The predicted molar refractivity (Wildman–Crippen MR) is 69.3 cm³/mol. The van der Waals surface area contributed by atoms with Gasteiger partial charge in [-0.05, 0) is 34.0 Å².